The summed E-state index contributed by atoms with van der Waals surface area (Å²) in [5.41, 5.74) is 2.74. The summed E-state index contributed by atoms with van der Waals surface area (Å²) in [6.45, 7) is 1.55. The number of para-hydroxylation sites is 1. The van der Waals surface area contributed by atoms with Gasteiger partial charge in [-0.05, 0) is 42.8 Å². The van der Waals surface area contributed by atoms with Crippen molar-refractivity contribution in [2.75, 3.05) is 13.1 Å². The number of carbonyl (C=O) groups is 1. The van der Waals surface area contributed by atoms with Crippen LogP contribution in [0.25, 0.3) is 16.9 Å². The van der Waals surface area contributed by atoms with E-state index in [1.165, 1.54) is 12.1 Å². The quantitative estimate of drug-likeness (QED) is 0.740. The van der Waals surface area contributed by atoms with Crippen LogP contribution in [0.5, 0.6) is 0 Å². The Bertz CT molecular complexity index is 867. The number of aromatic nitrogens is 2. The fraction of sp³-hybridized carbons (Fsp3) is 0.158. The van der Waals surface area contributed by atoms with E-state index in [1.54, 1.807) is 27.9 Å². The number of hydrogen-bond acceptors (Lipinski definition) is 2. The Kier molecular flexibility index (Phi) is 3.61. The van der Waals surface area contributed by atoms with Gasteiger partial charge in [0, 0.05) is 24.8 Å². The second-order valence-electron chi connectivity index (χ2n) is 5.82. The molecule has 0 saturated carbocycles. The first-order valence-electron chi connectivity index (χ1n) is 7.93. The summed E-state index contributed by atoms with van der Waals surface area (Å²) in [5.74, 6) is -0.334. The summed E-state index contributed by atoms with van der Waals surface area (Å²) in [4.78, 5) is 14.5. The molecule has 1 saturated heterocycles. The van der Waals surface area contributed by atoms with Gasteiger partial charge in [-0.2, -0.15) is 5.10 Å². The maximum atomic E-state index is 13.2. The molecule has 0 spiro atoms. The average molecular weight is 321 g/mol. The highest BCUT2D eigenvalue weighted by atomic mass is 19.1. The lowest BCUT2D eigenvalue weighted by atomic mass is 10.1. The number of rotatable bonds is 3. The highest BCUT2D eigenvalue weighted by Crippen LogP contribution is 2.26. The van der Waals surface area contributed by atoms with Crippen molar-refractivity contribution >= 4 is 5.91 Å². The van der Waals surface area contributed by atoms with Crippen LogP contribution in [0.2, 0.25) is 0 Å². The molecule has 24 heavy (non-hydrogen) atoms. The molecule has 0 radical (unpaired) electrons. The second kappa shape index (κ2) is 5.92. The lowest BCUT2D eigenvalue weighted by molar-refractivity contribution is 0.0652. The molecule has 2 heterocycles. The Morgan fingerprint density at radius 1 is 1.00 bits per heavy atom. The first kappa shape index (κ1) is 14.6. The van der Waals surface area contributed by atoms with Crippen molar-refractivity contribution in [3.63, 3.8) is 0 Å². The molecule has 0 atom stereocenters. The van der Waals surface area contributed by atoms with Crippen molar-refractivity contribution in [1.29, 1.82) is 0 Å². The number of carbonyl (C=O) groups excluding carboxylic acids is 1. The van der Waals surface area contributed by atoms with Gasteiger partial charge in [0.25, 0.3) is 5.91 Å². The number of likely N-dealkylation sites (tertiary alicyclic amines) is 1. The van der Waals surface area contributed by atoms with Crippen LogP contribution in [0.15, 0.2) is 60.8 Å². The fourth-order valence-electron chi connectivity index (χ4n) is 2.75. The summed E-state index contributed by atoms with van der Waals surface area (Å²) in [7, 11) is 0. The topological polar surface area (TPSA) is 38.1 Å². The van der Waals surface area contributed by atoms with Crippen molar-refractivity contribution in [3.8, 4) is 16.9 Å². The molecule has 0 bridgehead atoms. The van der Waals surface area contributed by atoms with Gasteiger partial charge < -0.3 is 4.90 Å². The van der Waals surface area contributed by atoms with E-state index in [0.717, 1.165) is 30.8 Å². The highest BCUT2D eigenvalue weighted by Gasteiger charge is 2.26. The number of amides is 1. The number of benzene rings is 2. The maximum absolute atomic E-state index is 13.2. The molecule has 1 aliphatic rings. The van der Waals surface area contributed by atoms with E-state index in [1.807, 2.05) is 30.3 Å². The van der Waals surface area contributed by atoms with Gasteiger partial charge >= 0.3 is 0 Å². The van der Waals surface area contributed by atoms with Crippen molar-refractivity contribution < 1.29 is 9.18 Å². The van der Waals surface area contributed by atoms with E-state index in [9.17, 15) is 9.18 Å². The summed E-state index contributed by atoms with van der Waals surface area (Å²) in [6, 6.07) is 15.7. The average Bonchev–Trinajstić information content (AvgIpc) is 3.00. The predicted octanol–water partition coefficient (Wildman–Crippen LogP) is 3.52. The van der Waals surface area contributed by atoms with Gasteiger partial charge in [0.1, 0.15) is 11.5 Å². The molecular weight excluding hydrogens is 305 g/mol. The highest BCUT2D eigenvalue weighted by molar-refractivity contribution is 6.00. The zero-order valence-electron chi connectivity index (χ0n) is 13.0. The Hall–Kier alpha value is -2.95. The van der Waals surface area contributed by atoms with Crippen molar-refractivity contribution in [2.45, 2.75) is 6.42 Å². The monoisotopic (exact) mass is 321 g/mol. The Balaban J connectivity index is 1.81. The molecule has 0 N–H and O–H groups in total. The third-order valence-corrected chi connectivity index (χ3v) is 4.23. The minimum Gasteiger partial charge on any atom is -0.338 e. The van der Waals surface area contributed by atoms with Crippen molar-refractivity contribution in [2.24, 2.45) is 0 Å². The molecule has 1 amide bonds. The number of nitrogens with zero attached hydrogens (tertiary/aromatic N) is 3. The third-order valence-electron chi connectivity index (χ3n) is 4.23. The fourth-order valence-corrected chi connectivity index (χ4v) is 2.75. The minimum atomic E-state index is -0.308. The zero-order chi connectivity index (χ0) is 16.5. The van der Waals surface area contributed by atoms with E-state index in [2.05, 4.69) is 5.10 Å². The van der Waals surface area contributed by atoms with Gasteiger partial charge in [0.05, 0.1) is 11.3 Å². The molecule has 1 aliphatic heterocycles. The van der Waals surface area contributed by atoms with Gasteiger partial charge in [-0.3, -0.25) is 4.79 Å². The van der Waals surface area contributed by atoms with Gasteiger partial charge in [0.2, 0.25) is 0 Å². The number of hydrogen-bond donors (Lipinski definition) is 0. The van der Waals surface area contributed by atoms with Crippen molar-refractivity contribution in [3.05, 3.63) is 72.2 Å². The molecule has 3 aromatic rings. The SMILES string of the molecule is O=C(c1cn(-c2ccccc2)nc1-c1ccc(F)cc1)N1CCC1. The molecule has 120 valence electrons. The molecule has 0 aliphatic carbocycles. The molecule has 2 aromatic carbocycles. The van der Waals surface area contributed by atoms with Crippen molar-refractivity contribution in [1.82, 2.24) is 14.7 Å². The first-order valence-corrected chi connectivity index (χ1v) is 7.93. The van der Waals surface area contributed by atoms with Crippen LogP contribution in [0.3, 0.4) is 0 Å². The summed E-state index contributed by atoms with van der Waals surface area (Å²) >= 11 is 0. The molecule has 4 rings (SSSR count). The minimum absolute atomic E-state index is 0.0252. The van der Waals surface area contributed by atoms with Crippen LogP contribution in [0, 0.1) is 5.82 Å². The maximum Gasteiger partial charge on any atom is 0.257 e. The van der Waals surface area contributed by atoms with Crippen LogP contribution in [0.1, 0.15) is 16.8 Å². The predicted molar refractivity (Wildman–Crippen MR) is 89.5 cm³/mol. The van der Waals surface area contributed by atoms with E-state index in [-0.39, 0.29) is 11.7 Å². The lowest BCUT2D eigenvalue weighted by Gasteiger charge is -2.30. The number of halogens is 1. The molecule has 0 unspecified atom stereocenters. The van der Waals surface area contributed by atoms with Gasteiger partial charge in [-0.25, -0.2) is 9.07 Å². The molecular formula is C19H16FN3O. The molecule has 4 nitrogen and oxygen atoms in total. The standard InChI is InChI=1S/C19H16FN3O/c20-15-9-7-14(8-10-15)18-17(19(24)22-11-4-12-22)13-23(21-18)16-5-2-1-3-6-16/h1-3,5-10,13H,4,11-12H2. The van der Waals surface area contributed by atoms with E-state index in [0.29, 0.717) is 11.3 Å². The summed E-state index contributed by atoms with van der Waals surface area (Å²) in [5, 5.41) is 4.59. The summed E-state index contributed by atoms with van der Waals surface area (Å²) in [6.07, 6.45) is 2.79. The van der Waals surface area contributed by atoms with Crippen LogP contribution in [0.4, 0.5) is 4.39 Å². The van der Waals surface area contributed by atoms with E-state index in [4.69, 9.17) is 0 Å². The molecule has 1 aromatic heterocycles. The molecule has 5 heteroatoms. The van der Waals surface area contributed by atoms with Crippen LogP contribution in [-0.2, 0) is 0 Å². The third kappa shape index (κ3) is 2.58. The van der Waals surface area contributed by atoms with Crippen LogP contribution < -0.4 is 0 Å². The van der Waals surface area contributed by atoms with E-state index < -0.39 is 0 Å². The zero-order valence-corrected chi connectivity index (χ0v) is 13.0. The Morgan fingerprint density at radius 2 is 1.71 bits per heavy atom. The van der Waals surface area contributed by atoms with Gasteiger partial charge in [-0.1, -0.05) is 18.2 Å². The second-order valence-corrected chi connectivity index (χ2v) is 5.82. The van der Waals surface area contributed by atoms with E-state index >= 15 is 0 Å². The summed E-state index contributed by atoms with van der Waals surface area (Å²) < 4.78 is 14.9. The lowest BCUT2D eigenvalue weighted by Crippen LogP contribution is -2.42. The van der Waals surface area contributed by atoms with Crippen LogP contribution >= 0.6 is 0 Å². The van der Waals surface area contributed by atoms with Gasteiger partial charge in [0.15, 0.2) is 0 Å². The van der Waals surface area contributed by atoms with Crippen LogP contribution in [-0.4, -0.2) is 33.7 Å². The molecule has 1 fully saturated rings. The first-order chi connectivity index (χ1) is 11.7. The normalized spacial score (nSPS) is 13.6. The smallest absolute Gasteiger partial charge is 0.257 e. The van der Waals surface area contributed by atoms with Gasteiger partial charge in [-0.15, -0.1) is 0 Å². The Labute approximate surface area is 139 Å². The largest absolute Gasteiger partial charge is 0.338 e. The Morgan fingerprint density at radius 3 is 2.33 bits per heavy atom.